The van der Waals surface area contributed by atoms with E-state index in [1.54, 1.807) is 23.5 Å². The summed E-state index contributed by atoms with van der Waals surface area (Å²) in [6.07, 6.45) is 1.87. The second-order valence-electron chi connectivity index (χ2n) is 8.31. The number of rotatable bonds is 5. The van der Waals surface area contributed by atoms with Crippen LogP contribution in [0.15, 0.2) is 59.5 Å². The lowest BCUT2D eigenvalue weighted by Crippen LogP contribution is -2.46. The van der Waals surface area contributed by atoms with Gasteiger partial charge in [-0.3, -0.25) is 0 Å². The number of pyridine rings is 1. The third kappa shape index (κ3) is 4.00. The minimum absolute atomic E-state index is 0.356. The summed E-state index contributed by atoms with van der Waals surface area (Å²) in [5, 5.41) is 0.853. The van der Waals surface area contributed by atoms with Crippen LogP contribution < -0.4 is 14.5 Å². The van der Waals surface area contributed by atoms with Crippen LogP contribution in [0.4, 0.5) is 11.5 Å². The quantitative estimate of drug-likeness (QED) is 0.592. The van der Waals surface area contributed by atoms with Gasteiger partial charge in [0.1, 0.15) is 11.6 Å². The Hall–Kier alpha value is -2.84. The lowest BCUT2D eigenvalue weighted by atomic mass is 10.2. The highest BCUT2D eigenvalue weighted by Crippen LogP contribution is 2.27. The number of benzene rings is 2. The van der Waals surface area contributed by atoms with Crippen LogP contribution in [0.1, 0.15) is 12.8 Å². The molecule has 0 atom stereocenters. The molecule has 0 bridgehead atoms. The number of hydrogen-bond acceptors (Lipinski definition) is 6. The van der Waals surface area contributed by atoms with Crippen molar-refractivity contribution in [3.63, 3.8) is 0 Å². The van der Waals surface area contributed by atoms with Crippen LogP contribution in [-0.2, 0) is 10.0 Å². The third-order valence-electron chi connectivity index (χ3n) is 6.39. The lowest BCUT2D eigenvalue weighted by molar-refractivity contribution is 0.415. The number of nitrogens with zero attached hydrogens (tertiary/aromatic N) is 4. The van der Waals surface area contributed by atoms with E-state index in [-0.39, 0.29) is 0 Å². The Kier molecular flexibility index (Phi) is 5.65. The molecule has 0 aliphatic carbocycles. The lowest BCUT2D eigenvalue weighted by Gasteiger charge is -2.36. The zero-order valence-corrected chi connectivity index (χ0v) is 19.1. The molecule has 2 aliphatic rings. The minimum atomic E-state index is -3.42. The zero-order valence-electron chi connectivity index (χ0n) is 18.3. The molecule has 7 nitrogen and oxygen atoms in total. The van der Waals surface area contributed by atoms with Crippen LogP contribution in [0, 0.1) is 0 Å². The van der Waals surface area contributed by atoms with Crippen molar-refractivity contribution >= 4 is 32.4 Å². The molecule has 3 aromatic rings. The molecule has 0 amide bonds. The van der Waals surface area contributed by atoms with E-state index in [2.05, 4.69) is 21.9 Å². The molecule has 32 heavy (non-hydrogen) atoms. The predicted molar refractivity (Wildman–Crippen MR) is 127 cm³/mol. The summed E-state index contributed by atoms with van der Waals surface area (Å²) in [7, 11) is -1.74. The van der Waals surface area contributed by atoms with E-state index in [1.807, 2.05) is 30.3 Å². The fraction of sp³-hybridized carbons (Fsp3) is 0.375. The monoisotopic (exact) mass is 452 g/mol. The highest BCUT2D eigenvalue weighted by atomic mass is 32.2. The standard InChI is InChI=1S/C24H28N4O3S/c1-31-21-7-5-20(6-8-21)26-14-16-27(17-15-26)24-11-4-19-18-22(9-10-23(19)25-24)32(29,30)28-12-2-3-13-28/h4-11,18H,2-3,12-17H2,1H3. The van der Waals surface area contributed by atoms with E-state index >= 15 is 0 Å². The minimum Gasteiger partial charge on any atom is -0.497 e. The molecule has 2 fully saturated rings. The molecule has 0 radical (unpaired) electrons. The first-order valence-corrected chi connectivity index (χ1v) is 12.5. The maximum absolute atomic E-state index is 12.9. The molecular weight excluding hydrogens is 424 g/mol. The number of fused-ring (bicyclic) bond motifs is 1. The van der Waals surface area contributed by atoms with E-state index in [0.29, 0.717) is 18.0 Å². The topological polar surface area (TPSA) is 66.0 Å². The molecule has 2 saturated heterocycles. The Bertz CT molecular complexity index is 1200. The van der Waals surface area contributed by atoms with Crippen molar-refractivity contribution in [2.24, 2.45) is 0 Å². The van der Waals surface area contributed by atoms with Gasteiger partial charge in [-0.2, -0.15) is 4.31 Å². The van der Waals surface area contributed by atoms with Crippen molar-refractivity contribution in [3.8, 4) is 5.75 Å². The second-order valence-corrected chi connectivity index (χ2v) is 10.2. The highest BCUT2D eigenvalue weighted by Gasteiger charge is 2.27. The summed E-state index contributed by atoms with van der Waals surface area (Å²) in [4.78, 5) is 9.83. The van der Waals surface area contributed by atoms with Gasteiger partial charge in [-0.1, -0.05) is 0 Å². The van der Waals surface area contributed by atoms with Crippen LogP contribution in [0.25, 0.3) is 10.9 Å². The van der Waals surface area contributed by atoms with Gasteiger partial charge in [0.2, 0.25) is 10.0 Å². The molecule has 1 aromatic heterocycles. The van der Waals surface area contributed by atoms with Gasteiger partial charge in [-0.05, 0) is 67.4 Å². The van der Waals surface area contributed by atoms with Crippen LogP contribution >= 0.6 is 0 Å². The summed E-state index contributed by atoms with van der Waals surface area (Å²) in [5.74, 6) is 1.80. The van der Waals surface area contributed by atoms with Gasteiger partial charge in [-0.15, -0.1) is 0 Å². The smallest absolute Gasteiger partial charge is 0.243 e. The van der Waals surface area contributed by atoms with Crippen LogP contribution in [-0.4, -0.2) is 64.1 Å². The number of aromatic nitrogens is 1. The normalized spacial score (nSPS) is 17.8. The van der Waals surface area contributed by atoms with Crippen LogP contribution in [0.3, 0.4) is 0 Å². The van der Waals surface area contributed by atoms with E-state index in [1.165, 1.54) is 5.69 Å². The third-order valence-corrected chi connectivity index (χ3v) is 8.28. The Morgan fingerprint density at radius 3 is 2.19 bits per heavy atom. The van der Waals surface area contributed by atoms with Gasteiger partial charge in [0.25, 0.3) is 0 Å². The number of sulfonamides is 1. The van der Waals surface area contributed by atoms with Crippen molar-refractivity contribution in [3.05, 3.63) is 54.6 Å². The summed E-state index contributed by atoms with van der Waals surface area (Å²) >= 11 is 0. The molecule has 8 heteroatoms. The molecule has 0 unspecified atom stereocenters. The van der Waals surface area contributed by atoms with Gasteiger partial charge >= 0.3 is 0 Å². The SMILES string of the molecule is COc1ccc(N2CCN(c3ccc4cc(S(=O)(=O)N5CCCC5)ccc4n3)CC2)cc1. The Labute approximate surface area is 189 Å². The van der Waals surface area contributed by atoms with Gasteiger partial charge in [0.15, 0.2) is 0 Å². The molecule has 0 N–H and O–H groups in total. The van der Waals surface area contributed by atoms with Crippen molar-refractivity contribution in [1.29, 1.82) is 0 Å². The van der Waals surface area contributed by atoms with E-state index in [0.717, 1.165) is 61.5 Å². The first-order chi connectivity index (χ1) is 15.5. The van der Waals surface area contributed by atoms with Crippen LogP contribution in [0.2, 0.25) is 0 Å². The molecule has 0 saturated carbocycles. The number of methoxy groups -OCH3 is 1. The first kappa shape index (κ1) is 21.0. The number of hydrogen-bond donors (Lipinski definition) is 0. The summed E-state index contributed by atoms with van der Waals surface area (Å²) in [5.41, 5.74) is 2.02. The molecule has 168 valence electrons. The van der Waals surface area contributed by atoms with E-state index in [9.17, 15) is 8.42 Å². The Morgan fingerprint density at radius 1 is 0.812 bits per heavy atom. The predicted octanol–water partition coefficient (Wildman–Crippen LogP) is 3.35. The molecule has 3 heterocycles. The number of ether oxygens (including phenoxy) is 1. The van der Waals surface area contributed by atoms with E-state index < -0.39 is 10.0 Å². The fourth-order valence-corrected chi connectivity index (χ4v) is 6.05. The molecule has 5 rings (SSSR count). The maximum atomic E-state index is 12.9. The van der Waals surface area contributed by atoms with Gasteiger partial charge in [0.05, 0.1) is 17.5 Å². The Balaban J connectivity index is 1.30. The van der Waals surface area contributed by atoms with Gasteiger partial charge in [-0.25, -0.2) is 13.4 Å². The molecule has 2 aliphatic heterocycles. The van der Waals surface area contributed by atoms with Gasteiger partial charge in [0, 0.05) is 50.3 Å². The average molecular weight is 453 g/mol. The fourth-order valence-electron chi connectivity index (χ4n) is 4.49. The van der Waals surface area contributed by atoms with E-state index in [4.69, 9.17) is 9.72 Å². The average Bonchev–Trinajstić information content (AvgIpc) is 3.40. The number of piperazine rings is 1. The highest BCUT2D eigenvalue weighted by molar-refractivity contribution is 7.89. The largest absolute Gasteiger partial charge is 0.497 e. The second kappa shape index (κ2) is 8.60. The zero-order chi connectivity index (χ0) is 22.1. The summed E-state index contributed by atoms with van der Waals surface area (Å²) < 4.78 is 32.6. The Morgan fingerprint density at radius 2 is 1.50 bits per heavy atom. The summed E-state index contributed by atoms with van der Waals surface area (Å²) in [6.45, 7) is 4.82. The van der Waals surface area contributed by atoms with Gasteiger partial charge < -0.3 is 14.5 Å². The first-order valence-electron chi connectivity index (χ1n) is 11.1. The van der Waals surface area contributed by atoms with Crippen molar-refractivity contribution in [1.82, 2.24) is 9.29 Å². The summed E-state index contributed by atoms with van der Waals surface area (Å²) in [6, 6.07) is 17.4. The maximum Gasteiger partial charge on any atom is 0.243 e. The molecule has 2 aromatic carbocycles. The van der Waals surface area contributed by atoms with Crippen LogP contribution in [0.5, 0.6) is 5.75 Å². The molecule has 0 spiro atoms. The van der Waals surface area contributed by atoms with Crippen molar-refractivity contribution in [2.75, 3.05) is 56.2 Å². The van der Waals surface area contributed by atoms with Crippen molar-refractivity contribution in [2.45, 2.75) is 17.7 Å². The number of anilines is 2. The molecular formula is C24H28N4O3S. The van der Waals surface area contributed by atoms with Crippen molar-refractivity contribution < 1.29 is 13.2 Å².